The van der Waals surface area contributed by atoms with E-state index in [2.05, 4.69) is 29.6 Å². The molecule has 0 radical (unpaired) electrons. The molecule has 0 aromatic heterocycles. The molecule has 2 aliphatic rings. The summed E-state index contributed by atoms with van der Waals surface area (Å²) < 4.78 is 6.03. The van der Waals surface area contributed by atoms with Gasteiger partial charge in [-0.3, -0.25) is 4.79 Å². The van der Waals surface area contributed by atoms with E-state index < -0.39 is 5.97 Å². The van der Waals surface area contributed by atoms with Gasteiger partial charge in [0.15, 0.2) is 0 Å². The number of benzene rings is 2. The number of aliphatic carboxylic acids is 1. The molecule has 0 aliphatic heterocycles. The zero-order valence-electron chi connectivity index (χ0n) is 15.5. The topological polar surface area (TPSA) is 58.6 Å². The van der Waals surface area contributed by atoms with Crippen molar-refractivity contribution in [1.29, 1.82) is 0 Å². The molecule has 2 fully saturated rings. The molecule has 2 atom stereocenters. The molecule has 27 heavy (non-hydrogen) atoms. The van der Waals surface area contributed by atoms with Crippen molar-refractivity contribution in [1.82, 2.24) is 5.32 Å². The lowest BCUT2D eigenvalue weighted by atomic mass is 9.81. The molecule has 2 aromatic carbocycles. The van der Waals surface area contributed by atoms with E-state index in [0.717, 1.165) is 37.9 Å². The van der Waals surface area contributed by atoms with Crippen molar-refractivity contribution < 1.29 is 14.6 Å². The molecule has 4 nitrogen and oxygen atoms in total. The van der Waals surface area contributed by atoms with Crippen LogP contribution in [0.4, 0.5) is 0 Å². The normalized spacial score (nSPS) is 27.9. The van der Waals surface area contributed by atoms with Crippen LogP contribution < -0.4 is 10.1 Å². The Kier molecular flexibility index (Phi) is 5.17. The van der Waals surface area contributed by atoms with E-state index >= 15 is 0 Å². The van der Waals surface area contributed by atoms with Crippen molar-refractivity contribution in [3.05, 3.63) is 66.2 Å². The minimum absolute atomic E-state index is 0.0901. The van der Waals surface area contributed by atoms with E-state index in [4.69, 9.17) is 4.74 Å². The summed E-state index contributed by atoms with van der Waals surface area (Å²) in [5, 5.41) is 13.1. The van der Waals surface area contributed by atoms with Gasteiger partial charge in [-0.05, 0) is 55.2 Å². The Bertz CT molecular complexity index is 754. The smallest absolute Gasteiger partial charge is 0.307 e. The molecule has 0 bridgehead atoms. The van der Waals surface area contributed by atoms with Gasteiger partial charge in [0.2, 0.25) is 0 Å². The summed E-state index contributed by atoms with van der Waals surface area (Å²) >= 11 is 0. The lowest BCUT2D eigenvalue weighted by molar-refractivity contribution is -0.139. The monoisotopic (exact) mass is 365 g/mol. The van der Waals surface area contributed by atoms with Gasteiger partial charge in [-0.25, -0.2) is 0 Å². The van der Waals surface area contributed by atoms with Crippen molar-refractivity contribution in [2.45, 2.75) is 44.2 Å². The predicted molar refractivity (Wildman–Crippen MR) is 105 cm³/mol. The lowest BCUT2D eigenvalue weighted by Crippen LogP contribution is -2.39. The summed E-state index contributed by atoms with van der Waals surface area (Å²) in [6, 6.07) is 20.9. The number of carboxylic acid groups (broad SMARTS) is 1. The molecule has 1 spiro atoms. The van der Waals surface area contributed by atoms with Crippen LogP contribution in [-0.4, -0.2) is 23.7 Å². The van der Waals surface area contributed by atoms with Crippen molar-refractivity contribution in [2.75, 3.05) is 6.61 Å². The first-order valence-electron chi connectivity index (χ1n) is 9.88. The standard InChI is InChI=1S/C23H27NO3/c25-22(26)20-15-23(20)13-11-18(12-14-23)24-21(17-7-3-1-4-8-17)16-27-19-9-5-2-6-10-19/h1-10,18,20-21,24H,11-16H2,(H,25,26). The number of hydrogen-bond acceptors (Lipinski definition) is 3. The molecule has 0 amide bonds. The number of rotatable bonds is 7. The second-order valence-corrected chi connectivity index (χ2v) is 7.99. The highest BCUT2D eigenvalue weighted by atomic mass is 16.5. The fraction of sp³-hybridized carbons (Fsp3) is 0.435. The van der Waals surface area contributed by atoms with Crippen LogP contribution >= 0.6 is 0 Å². The molecule has 2 aliphatic carbocycles. The van der Waals surface area contributed by atoms with Gasteiger partial charge in [0.05, 0.1) is 12.0 Å². The van der Waals surface area contributed by atoms with Gasteiger partial charge in [-0.15, -0.1) is 0 Å². The third-order valence-corrected chi connectivity index (χ3v) is 6.27. The number of ether oxygens (including phenoxy) is 1. The minimum Gasteiger partial charge on any atom is -0.492 e. The van der Waals surface area contributed by atoms with Crippen LogP contribution in [0.25, 0.3) is 0 Å². The molecule has 4 heteroatoms. The van der Waals surface area contributed by atoms with Crippen molar-refractivity contribution in [2.24, 2.45) is 11.3 Å². The number of hydrogen-bond donors (Lipinski definition) is 2. The van der Waals surface area contributed by atoms with Gasteiger partial charge in [0, 0.05) is 6.04 Å². The molecular weight excluding hydrogens is 338 g/mol. The van der Waals surface area contributed by atoms with Crippen molar-refractivity contribution in [3.8, 4) is 5.75 Å². The number of para-hydroxylation sites is 1. The molecule has 2 unspecified atom stereocenters. The van der Waals surface area contributed by atoms with Gasteiger partial charge in [-0.1, -0.05) is 48.5 Å². The zero-order valence-corrected chi connectivity index (χ0v) is 15.5. The second kappa shape index (κ2) is 7.73. The van der Waals surface area contributed by atoms with Crippen LogP contribution in [0.5, 0.6) is 5.75 Å². The molecule has 2 saturated carbocycles. The Morgan fingerprint density at radius 3 is 2.30 bits per heavy atom. The van der Waals surface area contributed by atoms with Crippen molar-refractivity contribution in [3.63, 3.8) is 0 Å². The number of carboxylic acids is 1. The molecule has 4 rings (SSSR count). The third-order valence-electron chi connectivity index (χ3n) is 6.27. The Labute approximate surface area is 160 Å². The van der Waals surface area contributed by atoms with Gasteiger partial charge in [-0.2, -0.15) is 0 Å². The van der Waals surface area contributed by atoms with Crippen LogP contribution in [-0.2, 0) is 4.79 Å². The minimum atomic E-state index is -0.611. The molecule has 142 valence electrons. The summed E-state index contributed by atoms with van der Waals surface area (Å²) in [5.74, 6) is 0.162. The Balaban J connectivity index is 1.37. The molecule has 2 aromatic rings. The number of nitrogens with one attached hydrogen (secondary N) is 1. The highest BCUT2D eigenvalue weighted by Gasteiger charge is 2.58. The first kappa shape index (κ1) is 18.1. The fourth-order valence-corrected chi connectivity index (χ4v) is 4.52. The quantitative estimate of drug-likeness (QED) is 0.762. The predicted octanol–water partition coefficient (Wildman–Crippen LogP) is 4.43. The van der Waals surface area contributed by atoms with Crippen LogP contribution in [0.1, 0.15) is 43.7 Å². The van der Waals surface area contributed by atoms with Crippen LogP contribution in [0.3, 0.4) is 0 Å². The van der Waals surface area contributed by atoms with Gasteiger partial charge in [0.25, 0.3) is 0 Å². The molecular formula is C23H27NO3. The summed E-state index contributed by atoms with van der Waals surface area (Å²) in [4.78, 5) is 11.3. The van der Waals surface area contributed by atoms with E-state index in [1.54, 1.807) is 0 Å². The molecule has 2 N–H and O–H groups in total. The zero-order chi connectivity index (χ0) is 18.7. The third kappa shape index (κ3) is 4.16. The van der Waals surface area contributed by atoms with E-state index in [1.807, 2.05) is 36.4 Å². The highest BCUT2D eigenvalue weighted by Crippen LogP contribution is 2.61. The molecule has 0 heterocycles. The Morgan fingerprint density at radius 2 is 1.70 bits per heavy atom. The van der Waals surface area contributed by atoms with Crippen LogP contribution in [0, 0.1) is 11.3 Å². The van der Waals surface area contributed by atoms with E-state index in [1.165, 1.54) is 5.56 Å². The first-order chi connectivity index (χ1) is 13.2. The summed E-state index contributed by atoms with van der Waals surface area (Å²) in [7, 11) is 0. The largest absolute Gasteiger partial charge is 0.492 e. The van der Waals surface area contributed by atoms with Crippen LogP contribution in [0.2, 0.25) is 0 Å². The maximum Gasteiger partial charge on any atom is 0.307 e. The Hall–Kier alpha value is -2.33. The maximum absolute atomic E-state index is 11.3. The van der Waals surface area contributed by atoms with Gasteiger partial charge >= 0.3 is 5.97 Å². The average Bonchev–Trinajstić information content (AvgIpc) is 3.42. The van der Waals surface area contributed by atoms with Crippen molar-refractivity contribution >= 4 is 5.97 Å². The van der Waals surface area contributed by atoms with E-state index in [9.17, 15) is 9.90 Å². The van der Waals surface area contributed by atoms with Crippen LogP contribution in [0.15, 0.2) is 60.7 Å². The maximum atomic E-state index is 11.3. The number of carbonyl (C=O) groups is 1. The van der Waals surface area contributed by atoms with E-state index in [0.29, 0.717) is 12.6 Å². The fourth-order valence-electron chi connectivity index (χ4n) is 4.52. The average molecular weight is 365 g/mol. The first-order valence-corrected chi connectivity index (χ1v) is 9.88. The van der Waals surface area contributed by atoms with E-state index in [-0.39, 0.29) is 17.4 Å². The highest BCUT2D eigenvalue weighted by molar-refractivity contribution is 5.74. The summed E-state index contributed by atoms with van der Waals surface area (Å²) in [6.45, 7) is 0.577. The lowest BCUT2D eigenvalue weighted by Gasteiger charge is -2.33. The summed E-state index contributed by atoms with van der Waals surface area (Å²) in [5.41, 5.74) is 1.32. The SMILES string of the molecule is O=C(O)C1CC12CCC(NC(COc1ccccc1)c1ccccc1)CC2. The summed E-state index contributed by atoms with van der Waals surface area (Å²) in [6.07, 6.45) is 4.98. The Morgan fingerprint density at radius 1 is 1.07 bits per heavy atom. The van der Waals surface area contributed by atoms with Gasteiger partial charge < -0.3 is 15.2 Å². The second-order valence-electron chi connectivity index (χ2n) is 7.99. The molecule has 0 saturated heterocycles. The van der Waals surface area contributed by atoms with Gasteiger partial charge in [0.1, 0.15) is 12.4 Å².